The Labute approximate surface area is 195 Å². The number of piperazine rings is 1. The minimum absolute atomic E-state index is 0. The first-order chi connectivity index (χ1) is 16.0. The van der Waals surface area contributed by atoms with Crippen molar-refractivity contribution in [3.63, 3.8) is 0 Å². The molecule has 1 aromatic carbocycles. The molecule has 0 radical (unpaired) electrons. The summed E-state index contributed by atoms with van der Waals surface area (Å²) in [6.45, 7) is 1.73. The van der Waals surface area contributed by atoms with E-state index in [1.54, 1.807) is 12.4 Å². The van der Waals surface area contributed by atoms with Crippen LogP contribution in [0, 0.1) is 5.82 Å². The Morgan fingerprint density at radius 1 is 1.09 bits per heavy atom. The van der Waals surface area contributed by atoms with Crippen LogP contribution in [0.15, 0.2) is 55.1 Å². The molecule has 2 aromatic heterocycles. The lowest BCUT2D eigenvalue weighted by molar-refractivity contribution is -0.127. The smallest absolute Gasteiger partial charge is 0.295 e. The number of amides is 1. The molecule has 33 heavy (non-hydrogen) atoms. The Morgan fingerprint density at radius 2 is 1.82 bits per heavy atom. The lowest BCUT2D eigenvalue weighted by atomic mass is 10.1. The number of rotatable bonds is 4. The highest BCUT2D eigenvalue weighted by Gasteiger charge is 2.31. The minimum Gasteiger partial charge on any atom is -0.359 e. The Bertz CT molecular complexity index is 1270. The number of hydrogen-bond donors (Lipinski definition) is 3. The molecule has 2 aliphatic heterocycles. The number of pyridine rings is 1. The van der Waals surface area contributed by atoms with Crippen LogP contribution < -0.4 is 16.0 Å². The molecule has 1 saturated heterocycles. The first-order valence-electron chi connectivity index (χ1n) is 10.3. The summed E-state index contributed by atoms with van der Waals surface area (Å²) < 4.78 is 14.7. The molecule has 4 heterocycles. The molecule has 0 spiro atoms. The summed E-state index contributed by atoms with van der Waals surface area (Å²) in [5.74, 6) is -1.75. The van der Waals surface area contributed by atoms with E-state index >= 15 is 0 Å². The van der Waals surface area contributed by atoms with Gasteiger partial charge in [-0.25, -0.2) is 14.4 Å². The second kappa shape index (κ2) is 8.60. The Kier molecular flexibility index (Phi) is 5.48. The van der Waals surface area contributed by atoms with Crippen LogP contribution in [0.4, 0.5) is 10.2 Å². The topological polar surface area (TPSA) is 96.6 Å². The van der Waals surface area contributed by atoms with Gasteiger partial charge in [0.25, 0.3) is 11.7 Å². The fourth-order valence-corrected chi connectivity index (χ4v) is 4.29. The van der Waals surface area contributed by atoms with Crippen molar-refractivity contribution < 1.29 is 15.4 Å². The van der Waals surface area contributed by atoms with Gasteiger partial charge < -0.3 is 20.2 Å². The standard InChI is InChI=1S/C22H20FN7O2S.H2/c23-16-13-25-20(30-7-6-26-27-30)18-17(16)15(12-24-18)19(31)21(32)28-8-10-29(11-9-28)22(33)14-4-2-1-3-5-14;/h1-7,12-13,24,26-27H,8-11H2;1H. The van der Waals surface area contributed by atoms with Gasteiger partial charge in [-0.05, 0) is 0 Å². The van der Waals surface area contributed by atoms with E-state index < -0.39 is 17.5 Å². The van der Waals surface area contributed by atoms with Crippen LogP contribution in [0.3, 0.4) is 0 Å². The number of anilines is 1. The third kappa shape index (κ3) is 3.81. The molecule has 1 amide bonds. The third-order valence-corrected chi connectivity index (χ3v) is 6.17. The van der Waals surface area contributed by atoms with Crippen molar-refractivity contribution in [2.45, 2.75) is 0 Å². The van der Waals surface area contributed by atoms with Gasteiger partial charge in [0.15, 0.2) is 11.6 Å². The van der Waals surface area contributed by atoms with Crippen molar-refractivity contribution in [1.82, 2.24) is 30.7 Å². The highest BCUT2D eigenvalue weighted by molar-refractivity contribution is 7.80. The summed E-state index contributed by atoms with van der Waals surface area (Å²) in [6.07, 6.45) is 5.68. The van der Waals surface area contributed by atoms with Gasteiger partial charge in [0, 0.05) is 51.8 Å². The molecule has 0 unspecified atom stereocenters. The van der Waals surface area contributed by atoms with Gasteiger partial charge in [-0.15, -0.1) is 5.53 Å². The fraction of sp³-hybridized carbons (Fsp3) is 0.182. The number of H-pyrrole nitrogens is 1. The molecule has 3 N–H and O–H groups in total. The van der Waals surface area contributed by atoms with Gasteiger partial charge >= 0.3 is 0 Å². The second-order valence-corrected chi connectivity index (χ2v) is 7.99. The monoisotopic (exact) mass is 467 g/mol. The van der Waals surface area contributed by atoms with Crippen LogP contribution in [0.5, 0.6) is 0 Å². The summed E-state index contributed by atoms with van der Waals surface area (Å²) in [5.41, 5.74) is 6.82. The van der Waals surface area contributed by atoms with E-state index in [0.717, 1.165) is 11.8 Å². The first kappa shape index (κ1) is 21.0. The molecule has 11 heteroatoms. The number of carbonyl (C=O) groups is 2. The zero-order valence-corrected chi connectivity index (χ0v) is 18.2. The van der Waals surface area contributed by atoms with Gasteiger partial charge in [0.05, 0.1) is 22.7 Å². The molecular formula is C22H22FN7O2S. The van der Waals surface area contributed by atoms with E-state index in [2.05, 4.69) is 20.9 Å². The molecule has 5 rings (SSSR count). The van der Waals surface area contributed by atoms with Crippen molar-refractivity contribution in [3.8, 4) is 0 Å². The van der Waals surface area contributed by atoms with Crippen molar-refractivity contribution in [2.75, 3.05) is 31.2 Å². The van der Waals surface area contributed by atoms with Crippen LogP contribution in [-0.2, 0) is 4.79 Å². The molecule has 0 bridgehead atoms. The highest BCUT2D eigenvalue weighted by atomic mass is 32.1. The maximum Gasteiger partial charge on any atom is 0.295 e. The van der Waals surface area contributed by atoms with E-state index in [4.69, 9.17) is 12.2 Å². The van der Waals surface area contributed by atoms with Gasteiger partial charge in [-0.1, -0.05) is 42.5 Å². The summed E-state index contributed by atoms with van der Waals surface area (Å²) in [7, 11) is 0. The fourth-order valence-electron chi connectivity index (χ4n) is 3.97. The summed E-state index contributed by atoms with van der Waals surface area (Å²) >= 11 is 5.57. The van der Waals surface area contributed by atoms with Crippen LogP contribution >= 0.6 is 12.2 Å². The van der Waals surface area contributed by atoms with Gasteiger partial charge in [-0.2, -0.15) is 0 Å². The number of Topliss-reactive ketones (excluding diaryl/α,β-unsaturated/α-hetero) is 1. The number of thiocarbonyl (C=S) groups is 1. The van der Waals surface area contributed by atoms with Crippen molar-refractivity contribution >= 4 is 45.6 Å². The number of aromatic nitrogens is 2. The van der Waals surface area contributed by atoms with E-state index in [1.807, 2.05) is 35.2 Å². The quantitative estimate of drug-likeness (QED) is 0.305. The van der Waals surface area contributed by atoms with Crippen molar-refractivity contribution in [1.29, 1.82) is 0 Å². The molecule has 170 valence electrons. The number of nitrogens with zero attached hydrogens (tertiary/aromatic N) is 4. The SMILES string of the molecule is O=C(C(=O)N1CCN(C(=S)c2ccccc2)CC1)c1c[nH]c2c(N3C=CNN3)ncc(F)c12.[HH]. The molecule has 0 saturated carbocycles. The number of carbonyl (C=O) groups excluding carboxylic acids is 2. The average molecular weight is 468 g/mol. The number of benzene rings is 1. The lowest BCUT2D eigenvalue weighted by Crippen LogP contribution is -2.52. The predicted octanol–water partition coefficient (Wildman–Crippen LogP) is 1.95. The molecule has 3 aromatic rings. The molecular weight excluding hydrogens is 445 g/mol. The number of aromatic amines is 1. The third-order valence-electron chi connectivity index (χ3n) is 5.68. The summed E-state index contributed by atoms with van der Waals surface area (Å²) in [4.78, 5) is 37.2. The van der Waals surface area contributed by atoms with Gasteiger partial charge in [0.2, 0.25) is 0 Å². The van der Waals surface area contributed by atoms with Crippen LogP contribution in [0.2, 0.25) is 0 Å². The molecule has 9 nitrogen and oxygen atoms in total. The zero-order valence-electron chi connectivity index (χ0n) is 17.4. The highest BCUT2D eigenvalue weighted by Crippen LogP contribution is 2.29. The van der Waals surface area contributed by atoms with E-state index in [1.165, 1.54) is 16.1 Å². The maximum absolute atomic E-state index is 14.7. The summed E-state index contributed by atoms with van der Waals surface area (Å²) in [6, 6.07) is 9.67. The van der Waals surface area contributed by atoms with E-state index in [0.29, 0.717) is 42.5 Å². The minimum atomic E-state index is -0.764. The number of hydrazine groups is 2. The Balaban J connectivity index is 0.00000274. The largest absolute Gasteiger partial charge is 0.359 e. The Hall–Kier alpha value is -3.83. The zero-order chi connectivity index (χ0) is 22.9. The number of nitrogens with one attached hydrogen (secondary N) is 3. The van der Waals surface area contributed by atoms with Gasteiger partial charge in [0.1, 0.15) is 4.99 Å². The average Bonchev–Trinajstić information content (AvgIpc) is 3.55. The van der Waals surface area contributed by atoms with E-state index in [9.17, 15) is 14.0 Å². The van der Waals surface area contributed by atoms with Crippen molar-refractivity contribution in [3.05, 3.63) is 72.1 Å². The number of hydrogen-bond acceptors (Lipinski definition) is 7. The first-order valence-corrected chi connectivity index (χ1v) is 10.8. The molecule has 1 fully saturated rings. The van der Waals surface area contributed by atoms with Crippen LogP contribution in [-0.4, -0.2) is 62.6 Å². The lowest BCUT2D eigenvalue weighted by Gasteiger charge is -2.36. The summed E-state index contributed by atoms with van der Waals surface area (Å²) in [5, 5.41) is 1.56. The van der Waals surface area contributed by atoms with Crippen molar-refractivity contribution in [2.24, 2.45) is 0 Å². The normalized spacial score (nSPS) is 15.7. The molecule has 0 atom stereocenters. The second-order valence-electron chi connectivity index (χ2n) is 7.60. The number of halogens is 1. The van der Waals surface area contributed by atoms with Crippen LogP contribution in [0.1, 0.15) is 17.3 Å². The molecule has 2 aliphatic rings. The van der Waals surface area contributed by atoms with Crippen LogP contribution in [0.25, 0.3) is 10.9 Å². The van der Waals surface area contributed by atoms with Gasteiger partial charge in [-0.3, -0.25) is 9.59 Å². The number of fused-ring (bicyclic) bond motifs is 1. The maximum atomic E-state index is 14.7. The van der Waals surface area contributed by atoms with E-state index in [-0.39, 0.29) is 12.4 Å². The predicted molar refractivity (Wildman–Crippen MR) is 127 cm³/mol. The Morgan fingerprint density at radius 3 is 2.52 bits per heavy atom. The molecule has 0 aliphatic carbocycles. The number of ketones is 1.